The van der Waals surface area contributed by atoms with Gasteiger partial charge < -0.3 is 4.42 Å². The minimum atomic E-state index is 0.669. The van der Waals surface area contributed by atoms with Crippen molar-refractivity contribution in [3.63, 3.8) is 0 Å². The summed E-state index contributed by atoms with van der Waals surface area (Å²) in [5, 5.41) is 23.8. The molecule has 0 spiro atoms. The van der Waals surface area contributed by atoms with Crippen LogP contribution in [0.1, 0.15) is 5.56 Å². The van der Waals surface area contributed by atoms with Gasteiger partial charge in [0.05, 0.1) is 11.6 Å². The maximum absolute atomic E-state index is 9.19. The summed E-state index contributed by atoms with van der Waals surface area (Å²) in [7, 11) is 0. The van der Waals surface area contributed by atoms with Crippen molar-refractivity contribution in [3.8, 4) is 39.4 Å². The highest BCUT2D eigenvalue weighted by atomic mass is 16.3. The van der Waals surface area contributed by atoms with E-state index in [1.54, 1.807) is 0 Å². The lowest BCUT2D eigenvalue weighted by Crippen LogP contribution is -1.88. The molecule has 0 N–H and O–H groups in total. The van der Waals surface area contributed by atoms with E-state index in [-0.39, 0.29) is 0 Å². The average molecular weight is 672 g/mol. The normalized spacial score (nSPS) is 11.8. The molecule has 1 aromatic heterocycles. The number of nitriles is 1. The Hall–Kier alpha value is -7.21. The van der Waals surface area contributed by atoms with Crippen LogP contribution in [0.2, 0.25) is 0 Å². The molecule has 1 heterocycles. The Bertz CT molecular complexity index is 3320. The molecule has 244 valence electrons. The molecule has 10 aromatic carbocycles. The zero-order chi connectivity index (χ0) is 35.0. The number of fused-ring (bicyclic) bond motifs is 12. The van der Waals surface area contributed by atoms with Gasteiger partial charge in [-0.3, -0.25) is 0 Å². The summed E-state index contributed by atoms with van der Waals surface area (Å²) in [6.07, 6.45) is 0. The predicted octanol–water partition coefficient (Wildman–Crippen LogP) is 14.2. The zero-order valence-electron chi connectivity index (χ0n) is 28.6. The molecule has 0 aliphatic heterocycles. The molecule has 0 fully saturated rings. The summed E-state index contributed by atoms with van der Waals surface area (Å²) < 4.78 is 6.55. The van der Waals surface area contributed by atoms with Crippen molar-refractivity contribution < 1.29 is 4.42 Å². The maximum atomic E-state index is 9.19. The van der Waals surface area contributed by atoms with E-state index in [1.807, 2.05) is 24.3 Å². The van der Waals surface area contributed by atoms with Gasteiger partial charge in [-0.2, -0.15) is 5.26 Å². The summed E-state index contributed by atoms with van der Waals surface area (Å²) in [5.41, 5.74) is 9.51. The molecule has 11 aromatic rings. The summed E-state index contributed by atoms with van der Waals surface area (Å²) >= 11 is 0. The van der Waals surface area contributed by atoms with E-state index in [4.69, 9.17) is 4.42 Å². The first-order valence-corrected chi connectivity index (χ1v) is 18.0. The average Bonchev–Trinajstić information content (AvgIpc) is 3.61. The molecule has 53 heavy (non-hydrogen) atoms. The molecular weight excluding hydrogens is 643 g/mol. The van der Waals surface area contributed by atoms with Crippen molar-refractivity contribution in [2.45, 2.75) is 0 Å². The van der Waals surface area contributed by atoms with Gasteiger partial charge in [0.2, 0.25) is 0 Å². The van der Waals surface area contributed by atoms with Gasteiger partial charge in [0, 0.05) is 10.8 Å². The predicted molar refractivity (Wildman–Crippen MR) is 222 cm³/mol. The van der Waals surface area contributed by atoms with Crippen LogP contribution in [0.15, 0.2) is 180 Å². The molecule has 0 radical (unpaired) electrons. The Balaban J connectivity index is 1.07. The van der Waals surface area contributed by atoms with Gasteiger partial charge in [-0.1, -0.05) is 140 Å². The first-order valence-electron chi connectivity index (χ1n) is 18.0. The summed E-state index contributed by atoms with van der Waals surface area (Å²) in [6, 6.07) is 65.2. The van der Waals surface area contributed by atoms with Crippen molar-refractivity contribution in [2.24, 2.45) is 0 Å². The van der Waals surface area contributed by atoms with Gasteiger partial charge in [-0.15, -0.1) is 0 Å². The highest BCUT2D eigenvalue weighted by Crippen LogP contribution is 2.43. The van der Waals surface area contributed by atoms with Gasteiger partial charge in [0.1, 0.15) is 11.2 Å². The van der Waals surface area contributed by atoms with Gasteiger partial charge in [0.25, 0.3) is 0 Å². The van der Waals surface area contributed by atoms with E-state index in [1.165, 1.54) is 81.5 Å². The first kappa shape index (κ1) is 29.5. The monoisotopic (exact) mass is 671 g/mol. The Labute approximate surface area is 305 Å². The lowest BCUT2D eigenvalue weighted by molar-refractivity contribution is 0.670. The summed E-state index contributed by atoms with van der Waals surface area (Å²) in [4.78, 5) is 0. The highest BCUT2D eigenvalue weighted by molar-refractivity contribution is 6.30. The largest absolute Gasteiger partial charge is 0.456 e. The molecule has 2 heteroatoms. The lowest BCUT2D eigenvalue weighted by atomic mass is 9.88. The van der Waals surface area contributed by atoms with Crippen LogP contribution in [0.5, 0.6) is 0 Å². The molecule has 0 bridgehead atoms. The third-order valence-electron chi connectivity index (χ3n) is 11.1. The number of rotatable bonds is 3. The molecule has 0 saturated heterocycles. The van der Waals surface area contributed by atoms with Crippen molar-refractivity contribution in [1.82, 2.24) is 0 Å². The van der Waals surface area contributed by atoms with Crippen molar-refractivity contribution in [1.29, 1.82) is 5.26 Å². The fourth-order valence-electron chi connectivity index (χ4n) is 8.54. The topological polar surface area (TPSA) is 36.9 Å². The van der Waals surface area contributed by atoms with Crippen LogP contribution in [0, 0.1) is 11.3 Å². The van der Waals surface area contributed by atoms with E-state index in [9.17, 15) is 5.26 Å². The summed E-state index contributed by atoms with van der Waals surface area (Å²) in [5.74, 6) is 0. The Kier molecular flexibility index (Phi) is 6.35. The number of furan rings is 1. The van der Waals surface area contributed by atoms with Crippen molar-refractivity contribution in [2.75, 3.05) is 0 Å². The minimum Gasteiger partial charge on any atom is -0.456 e. The van der Waals surface area contributed by atoms with E-state index < -0.39 is 0 Å². The third-order valence-corrected chi connectivity index (χ3v) is 11.1. The van der Waals surface area contributed by atoms with Crippen LogP contribution >= 0.6 is 0 Å². The molecule has 0 unspecified atom stereocenters. The summed E-state index contributed by atoms with van der Waals surface area (Å²) in [6.45, 7) is 0. The van der Waals surface area contributed by atoms with E-state index in [2.05, 4.69) is 158 Å². The second kappa shape index (κ2) is 11.4. The van der Waals surface area contributed by atoms with Gasteiger partial charge in [-0.05, 0) is 124 Å². The number of nitrogens with zero attached hydrogens (tertiary/aromatic N) is 1. The lowest BCUT2D eigenvalue weighted by Gasteiger charge is -2.15. The highest BCUT2D eigenvalue weighted by Gasteiger charge is 2.17. The number of hydrogen-bond donors (Lipinski definition) is 0. The Morgan fingerprint density at radius 3 is 1.57 bits per heavy atom. The van der Waals surface area contributed by atoms with E-state index in [0.717, 1.165) is 27.7 Å². The third kappa shape index (κ3) is 4.51. The van der Waals surface area contributed by atoms with Gasteiger partial charge in [-0.25, -0.2) is 0 Å². The Morgan fingerprint density at radius 2 is 0.868 bits per heavy atom. The zero-order valence-corrected chi connectivity index (χ0v) is 28.6. The van der Waals surface area contributed by atoms with Gasteiger partial charge >= 0.3 is 0 Å². The molecule has 11 rings (SSSR count). The number of hydrogen-bond acceptors (Lipinski definition) is 2. The molecule has 0 aliphatic rings. The van der Waals surface area contributed by atoms with Crippen LogP contribution in [-0.4, -0.2) is 0 Å². The molecule has 0 atom stereocenters. The van der Waals surface area contributed by atoms with Crippen molar-refractivity contribution in [3.05, 3.63) is 181 Å². The molecule has 2 nitrogen and oxygen atoms in total. The quantitative estimate of drug-likeness (QED) is 0.175. The second-order valence-electron chi connectivity index (χ2n) is 13.9. The standard InChI is InChI=1S/C51H29NO/c52-30-31-13-15-32(16-14-31)33-17-19-35(20-18-33)37-24-25-38(41-10-4-3-9-40(37)41)36-21-23-44-45(27-36)42-11-5-6-12-43(42)46-28-48-50(29-47(44)46)53-49-26-22-34-7-1-2-8-39(34)51(48)49/h1-29H. The maximum Gasteiger partial charge on any atom is 0.136 e. The molecule has 0 saturated carbocycles. The molecule has 0 amide bonds. The molecule has 0 aliphatic carbocycles. The SMILES string of the molecule is N#Cc1ccc(-c2ccc(-c3ccc(-c4ccc5c(c4)c4ccccc4c4cc6c(cc54)oc4ccc5ccccc5c46)c4ccccc34)cc2)cc1. The molecular formula is C51H29NO. The van der Waals surface area contributed by atoms with Crippen molar-refractivity contribution >= 4 is 75.8 Å². The second-order valence-corrected chi connectivity index (χ2v) is 13.9. The van der Waals surface area contributed by atoms with Crippen LogP contribution in [0.3, 0.4) is 0 Å². The minimum absolute atomic E-state index is 0.669. The first-order chi connectivity index (χ1) is 26.2. The fourth-order valence-corrected chi connectivity index (χ4v) is 8.54. The van der Waals surface area contributed by atoms with Crippen LogP contribution in [-0.2, 0) is 0 Å². The smallest absolute Gasteiger partial charge is 0.136 e. The van der Waals surface area contributed by atoms with Crippen LogP contribution in [0.25, 0.3) is 109 Å². The van der Waals surface area contributed by atoms with Gasteiger partial charge in [0.15, 0.2) is 0 Å². The fraction of sp³-hybridized carbons (Fsp3) is 0. The van der Waals surface area contributed by atoms with E-state index in [0.29, 0.717) is 5.56 Å². The number of benzene rings is 10. The van der Waals surface area contributed by atoms with Crippen LogP contribution in [0.4, 0.5) is 0 Å². The van der Waals surface area contributed by atoms with Crippen LogP contribution < -0.4 is 0 Å². The Morgan fingerprint density at radius 1 is 0.340 bits per heavy atom. The van der Waals surface area contributed by atoms with E-state index >= 15 is 0 Å².